The number of rotatable bonds is 6. The number of thiocarbonyl (C=S) groups is 1. The van der Waals surface area contributed by atoms with Gasteiger partial charge in [0.2, 0.25) is 0 Å². The van der Waals surface area contributed by atoms with Crippen molar-refractivity contribution in [3.63, 3.8) is 0 Å². The average molecular weight is 343 g/mol. The highest BCUT2D eigenvalue weighted by molar-refractivity contribution is 7.80. The largest absolute Gasteiger partial charge is 0.370 e. The molecule has 1 aromatic carbocycles. The molecule has 0 saturated carbocycles. The van der Waals surface area contributed by atoms with Crippen molar-refractivity contribution in [2.24, 2.45) is 0 Å². The lowest BCUT2D eigenvalue weighted by atomic mass is 10.1. The predicted molar refractivity (Wildman–Crippen MR) is 94.6 cm³/mol. The molecular weight excluding hydrogens is 318 g/mol. The zero-order valence-corrected chi connectivity index (χ0v) is 14.6. The zero-order chi connectivity index (χ0) is 15.8. The van der Waals surface area contributed by atoms with E-state index in [0.29, 0.717) is 5.11 Å². The summed E-state index contributed by atoms with van der Waals surface area (Å²) in [6, 6.07) is 8.00. The molecule has 0 unspecified atom stereocenters. The second-order valence-corrected chi connectivity index (χ2v) is 6.48. The highest BCUT2D eigenvalue weighted by Gasteiger charge is 2.13. The van der Waals surface area contributed by atoms with Crippen LogP contribution in [0.4, 0.5) is 0 Å². The van der Waals surface area contributed by atoms with Gasteiger partial charge in [0.05, 0.1) is 25.8 Å². The lowest BCUT2D eigenvalue weighted by molar-refractivity contribution is -0.908. The fourth-order valence-corrected chi connectivity index (χ4v) is 2.94. The molecule has 0 bridgehead atoms. The molecule has 122 valence electrons. The molecule has 6 heteroatoms. The summed E-state index contributed by atoms with van der Waals surface area (Å²) in [5, 5.41) is 8.05. The van der Waals surface area contributed by atoms with E-state index in [2.05, 4.69) is 17.6 Å². The number of benzene rings is 1. The normalized spacial score (nSPS) is 17.0. The van der Waals surface area contributed by atoms with Crippen LogP contribution in [0.5, 0.6) is 0 Å². The quantitative estimate of drug-likeness (QED) is 0.536. The van der Waals surface area contributed by atoms with Crippen molar-refractivity contribution in [1.29, 1.82) is 0 Å². The molecule has 1 aliphatic heterocycles. The van der Waals surface area contributed by atoms with Gasteiger partial charge in [-0.05, 0) is 36.8 Å². The van der Waals surface area contributed by atoms with Crippen molar-refractivity contribution < 1.29 is 9.64 Å². The molecule has 22 heavy (non-hydrogen) atoms. The molecule has 1 aliphatic rings. The van der Waals surface area contributed by atoms with Crippen molar-refractivity contribution in [3.05, 3.63) is 34.9 Å². The first-order chi connectivity index (χ1) is 10.6. The number of nitrogens with one attached hydrogen (secondary N) is 3. The molecule has 1 atom stereocenters. The van der Waals surface area contributed by atoms with Gasteiger partial charge in [-0.3, -0.25) is 0 Å². The second-order valence-electron chi connectivity index (χ2n) is 5.64. The Morgan fingerprint density at radius 3 is 2.68 bits per heavy atom. The van der Waals surface area contributed by atoms with Crippen molar-refractivity contribution in [3.8, 4) is 0 Å². The lowest BCUT2D eigenvalue weighted by Gasteiger charge is -2.24. The number of morpholine rings is 1. The lowest BCUT2D eigenvalue weighted by Crippen LogP contribution is -3.14. The van der Waals surface area contributed by atoms with Crippen LogP contribution >= 0.6 is 23.8 Å². The fraction of sp³-hybridized carbons (Fsp3) is 0.562. The summed E-state index contributed by atoms with van der Waals surface area (Å²) in [7, 11) is 0. The standard InChI is InChI=1S/C16H24ClN3OS/c1-13(14-3-5-15(17)6-4-14)19-16(22)18-7-2-8-20-9-11-21-12-10-20/h3-6,13H,2,7-12H2,1H3,(H2,18,19,22)/p+1/t13-/m0/s1. The van der Waals surface area contributed by atoms with Crippen molar-refractivity contribution in [1.82, 2.24) is 10.6 Å². The van der Waals surface area contributed by atoms with E-state index in [4.69, 9.17) is 28.6 Å². The number of ether oxygens (including phenoxy) is 1. The SMILES string of the molecule is C[C@H](NC(=S)NCCC[NH+]1CCOCC1)c1ccc(Cl)cc1. The molecule has 3 N–H and O–H groups in total. The molecule has 1 heterocycles. The fourth-order valence-electron chi connectivity index (χ4n) is 2.53. The van der Waals surface area contributed by atoms with Gasteiger partial charge >= 0.3 is 0 Å². The Balaban J connectivity index is 1.61. The molecule has 0 spiro atoms. The topological polar surface area (TPSA) is 37.7 Å². The van der Waals surface area contributed by atoms with E-state index in [1.165, 1.54) is 12.1 Å². The summed E-state index contributed by atoms with van der Waals surface area (Å²) in [4.78, 5) is 1.63. The first-order valence-corrected chi connectivity index (χ1v) is 8.65. The average Bonchev–Trinajstić information content (AvgIpc) is 2.53. The third-order valence-electron chi connectivity index (χ3n) is 3.91. The highest BCUT2D eigenvalue weighted by Crippen LogP contribution is 2.15. The van der Waals surface area contributed by atoms with Gasteiger partial charge in [0, 0.05) is 18.0 Å². The van der Waals surface area contributed by atoms with E-state index in [0.717, 1.165) is 44.3 Å². The first-order valence-electron chi connectivity index (χ1n) is 7.86. The minimum atomic E-state index is 0.169. The summed E-state index contributed by atoms with van der Waals surface area (Å²) in [6.45, 7) is 8.19. The Hall–Kier alpha value is -0.880. The predicted octanol–water partition coefficient (Wildman–Crippen LogP) is 1.17. The minimum Gasteiger partial charge on any atom is -0.370 e. The van der Waals surface area contributed by atoms with Gasteiger partial charge in [0.15, 0.2) is 5.11 Å². The van der Waals surface area contributed by atoms with Crippen LogP contribution in [0.25, 0.3) is 0 Å². The Labute approximate surface area is 143 Å². The molecule has 1 fully saturated rings. The molecule has 2 rings (SSSR count). The Kier molecular flexibility index (Phi) is 7.39. The summed E-state index contributed by atoms with van der Waals surface area (Å²) in [6.07, 6.45) is 1.12. The van der Waals surface area contributed by atoms with E-state index in [-0.39, 0.29) is 6.04 Å². The molecular formula is C16H25ClN3OS+. The third kappa shape index (κ3) is 6.08. The van der Waals surface area contributed by atoms with Crippen LogP contribution < -0.4 is 15.5 Å². The first kappa shape index (κ1) is 17.5. The van der Waals surface area contributed by atoms with E-state index >= 15 is 0 Å². The van der Waals surface area contributed by atoms with E-state index in [1.807, 2.05) is 24.3 Å². The van der Waals surface area contributed by atoms with Crippen LogP contribution in [0, 0.1) is 0 Å². The molecule has 0 amide bonds. The molecule has 0 radical (unpaired) electrons. The minimum absolute atomic E-state index is 0.169. The Morgan fingerprint density at radius 2 is 2.00 bits per heavy atom. The van der Waals surface area contributed by atoms with E-state index in [1.54, 1.807) is 4.90 Å². The molecule has 1 aromatic rings. The monoisotopic (exact) mass is 342 g/mol. The van der Waals surface area contributed by atoms with Crippen LogP contribution in [0.15, 0.2) is 24.3 Å². The maximum absolute atomic E-state index is 5.90. The zero-order valence-electron chi connectivity index (χ0n) is 13.0. The van der Waals surface area contributed by atoms with Crippen LogP contribution in [0.3, 0.4) is 0 Å². The van der Waals surface area contributed by atoms with Gasteiger partial charge in [0.25, 0.3) is 0 Å². The summed E-state index contributed by atoms with van der Waals surface area (Å²) < 4.78 is 5.36. The van der Waals surface area contributed by atoms with Gasteiger partial charge in [-0.25, -0.2) is 0 Å². The van der Waals surface area contributed by atoms with Gasteiger partial charge in [-0.1, -0.05) is 23.7 Å². The van der Waals surface area contributed by atoms with Crippen molar-refractivity contribution in [2.45, 2.75) is 19.4 Å². The van der Waals surface area contributed by atoms with Gasteiger partial charge in [-0.2, -0.15) is 0 Å². The summed E-state index contributed by atoms with van der Waals surface area (Å²) in [5.41, 5.74) is 1.17. The van der Waals surface area contributed by atoms with Crippen LogP contribution in [-0.2, 0) is 4.74 Å². The van der Waals surface area contributed by atoms with E-state index in [9.17, 15) is 0 Å². The third-order valence-corrected chi connectivity index (χ3v) is 4.42. The second kappa shape index (κ2) is 9.30. The molecule has 1 saturated heterocycles. The Bertz CT molecular complexity index is 463. The van der Waals surface area contributed by atoms with Crippen LogP contribution in [-0.4, -0.2) is 44.5 Å². The number of hydrogen-bond acceptors (Lipinski definition) is 2. The maximum atomic E-state index is 5.90. The number of halogens is 1. The molecule has 0 aliphatic carbocycles. The van der Waals surface area contributed by atoms with Crippen LogP contribution in [0.2, 0.25) is 5.02 Å². The van der Waals surface area contributed by atoms with Gasteiger partial charge in [-0.15, -0.1) is 0 Å². The molecule has 4 nitrogen and oxygen atoms in total. The Morgan fingerprint density at radius 1 is 1.32 bits per heavy atom. The van der Waals surface area contributed by atoms with Gasteiger partial charge in [0.1, 0.15) is 13.1 Å². The highest BCUT2D eigenvalue weighted by atomic mass is 35.5. The van der Waals surface area contributed by atoms with Gasteiger partial charge < -0.3 is 20.3 Å². The van der Waals surface area contributed by atoms with E-state index < -0.39 is 0 Å². The van der Waals surface area contributed by atoms with Crippen molar-refractivity contribution in [2.75, 3.05) is 39.4 Å². The van der Waals surface area contributed by atoms with Crippen molar-refractivity contribution >= 4 is 28.9 Å². The summed E-state index contributed by atoms with van der Waals surface area (Å²) in [5.74, 6) is 0. The van der Waals surface area contributed by atoms with Crippen LogP contribution in [0.1, 0.15) is 24.9 Å². The number of hydrogen-bond donors (Lipinski definition) is 3. The smallest absolute Gasteiger partial charge is 0.166 e. The maximum Gasteiger partial charge on any atom is 0.166 e. The summed E-state index contributed by atoms with van der Waals surface area (Å²) >= 11 is 11.3. The molecule has 0 aromatic heterocycles. The number of quaternary nitrogens is 1.